The minimum Gasteiger partial charge on any atom is -0.461 e. The summed E-state index contributed by atoms with van der Waals surface area (Å²) in [5.41, 5.74) is 0. The maximum absolute atomic E-state index is 12.7. The Morgan fingerprint density at radius 1 is 0.387 bits per heavy atom. The molecular formula is C57H90O5. The maximum Gasteiger partial charge on any atom is 0.309 e. The summed E-state index contributed by atoms with van der Waals surface area (Å²) >= 11 is 0. The Hall–Kier alpha value is -3.96. The van der Waals surface area contributed by atoms with Crippen LogP contribution in [0.5, 0.6) is 0 Å². The highest BCUT2D eigenvalue weighted by atomic mass is 16.6. The van der Waals surface area contributed by atoms with Gasteiger partial charge in [0.05, 0.1) is 13.0 Å². The Bertz CT molecular complexity index is 1330. The van der Waals surface area contributed by atoms with Crippen LogP contribution in [0.25, 0.3) is 0 Å². The number of hydrogen-bond donors (Lipinski definition) is 0. The molecule has 0 saturated heterocycles. The van der Waals surface area contributed by atoms with E-state index in [9.17, 15) is 9.59 Å². The summed E-state index contributed by atoms with van der Waals surface area (Å²) in [6.07, 6.45) is 73.5. The molecule has 0 saturated carbocycles. The number of unbranched alkanes of at least 4 members (excludes halogenated alkanes) is 11. The molecule has 0 spiro atoms. The van der Waals surface area contributed by atoms with Crippen molar-refractivity contribution in [2.45, 2.75) is 194 Å². The third kappa shape index (κ3) is 48.7. The zero-order valence-electron chi connectivity index (χ0n) is 39.8. The number of esters is 2. The minimum atomic E-state index is -0.626. The SMILES string of the molecule is CC/C=C\C/C=C\C/C=C\C/C=C\C/C=C\CC(=O)OCC(COCCCCCCCCCC/C=C\C/C=C\CCCCC)OC(=O)CC/C=C\C/C=C\C/C=C\C/C=C\CC. The molecule has 0 aromatic heterocycles. The van der Waals surface area contributed by atoms with Gasteiger partial charge in [-0.1, -0.05) is 206 Å². The molecule has 62 heavy (non-hydrogen) atoms. The number of carbonyl (C=O) groups is 2. The predicted molar refractivity (Wildman–Crippen MR) is 269 cm³/mol. The number of carbonyl (C=O) groups excluding carboxylic acids is 2. The summed E-state index contributed by atoms with van der Waals surface area (Å²) in [6, 6.07) is 0. The van der Waals surface area contributed by atoms with Crippen LogP contribution in [-0.4, -0.2) is 37.9 Å². The summed E-state index contributed by atoms with van der Waals surface area (Å²) in [7, 11) is 0. The lowest BCUT2D eigenvalue weighted by Crippen LogP contribution is -2.30. The van der Waals surface area contributed by atoms with Crippen LogP contribution in [0.1, 0.15) is 188 Å². The number of rotatable bonds is 43. The predicted octanol–water partition coefficient (Wildman–Crippen LogP) is 16.8. The van der Waals surface area contributed by atoms with E-state index in [2.05, 4.69) is 136 Å². The van der Waals surface area contributed by atoms with Crippen molar-refractivity contribution in [3.63, 3.8) is 0 Å². The molecule has 0 rings (SSSR count). The summed E-state index contributed by atoms with van der Waals surface area (Å²) in [6.45, 7) is 7.35. The van der Waals surface area contributed by atoms with E-state index in [0.29, 0.717) is 13.0 Å². The molecule has 0 aliphatic rings. The number of ether oxygens (including phenoxy) is 3. The first-order valence-electron chi connectivity index (χ1n) is 24.7. The second kappa shape index (κ2) is 51.4. The largest absolute Gasteiger partial charge is 0.461 e. The standard InChI is InChI=1S/C57H90O5/c1-4-7-10-13-16-19-22-25-27-28-29-31-34-37-40-43-46-49-52-60-53-55(62-57(59)51-48-45-42-39-36-32-24-21-18-15-12-9-6-3)54-61-56(58)50-47-44-41-38-35-33-30-26-23-20-17-14-11-8-5-2/h8-9,11-12,16-21,25-27,30,32,35-36,38,42,44-45,47,55H,4-7,10,13-15,22-24,28-29,31,33-34,37,39-41,43,46,48-54H2,1-3H3/b11-8-,12-9-,19-16-,20-17-,21-18-,27-25-,30-26-,36-32-,38-35-,45-42-,47-44-. The van der Waals surface area contributed by atoms with Crippen molar-refractivity contribution in [1.82, 2.24) is 0 Å². The van der Waals surface area contributed by atoms with Crippen molar-refractivity contribution < 1.29 is 23.8 Å². The van der Waals surface area contributed by atoms with Crippen LogP contribution in [-0.2, 0) is 23.8 Å². The number of hydrogen-bond acceptors (Lipinski definition) is 5. The van der Waals surface area contributed by atoms with Gasteiger partial charge in [0.1, 0.15) is 6.61 Å². The van der Waals surface area contributed by atoms with Crippen LogP contribution in [0.15, 0.2) is 134 Å². The molecule has 1 atom stereocenters. The lowest BCUT2D eigenvalue weighted by Gasteiger charge is -2.18. The molecule has 1 unspecified atom stereocenters. The van der Waals surface area contributed by atoms with Crippen molar-refractivity contribution in [3.05, 3.63) is 134 Å². The summed E-state index contributed by atoms with van der Waals surface area (Å²) < 4.78 is 17.2. The second-order valence-corrected chi connectivity index (χ2v) is 15.6. The molecule has 0 aliphatic carbocycles. The van der Waals surface area contributed by atoms with Gasteiger partial charge in [-0.15, -0.1) is 0 Å². The topological polar surface area (TPSA) is 61.8 Å². The smallest absolute Gasteiger partial charge is 0.309 e. The van der Waals surface area contributed by atoms with Crippen LogP contribution in [0.2, 0.25) is 0 Å². The van der Waals surface area contributed by atoms with E-state index < -0.39 is 6.10 Å². The fourth-order valence-electron chi connectivity index (χ4n) is 6.10. The minimum absolute atomic E-state index is 0.00871. The normalized spacial score (nSPS) is 13.4. The highest BCUT2D eigenvalue weighted by Crippen LogP contribution is 2.11. The summed E-state index contributed by atoms with van der Waals surface area (Å²) in [4.78, 5) is 25.2. The van der Waals surface area contributed by atoms with Gasteiger partial charge in [-0.25, -0.2) is 0 Å². The molecule has 348 valence electrons. The molecule has 0 aromatic rings. The Morgan fingerprint density at radius 2 is 0.774 bits per heavy atom. The maximum atomic E-state index is 12.7. The van der Waals surface area contributed by atoms with E-state index in [1.54, 1.807) is 0 Å². The first-order valence-corrected chi connectivity index (χ1v) is 24.7. The van der Waals surface area contributed by atoms with Crippen molar-refractivity contribution in [2.75, 3.05) is 19.8 Å². The number of allylic oxidation sites excluding steroid dienone is 21. The van der Waals surface area contributed by atoms with Crippen molar-refractivity contribution in [2.24, 2.45) is 0 Å². The molecule has 0 radical (unpaired) electrons. The molecule has 0 heterocycles. The molecule has 0 aliphatic heterocycles. The molecule has 5 heteroatoms. The Kier molecular flexibility index (Phi) is 48.1. The zero-order valence-corrected chi connectivity index (χ0v) is 39.8. The van der Waals surface area contributed by atoms with E-state index in [1.165, 1.54) is 70.6 Å². The van der Waals surface area contributed by atoms with Crippen LogP contribution < -0.4 is 0 Å². The highest BCUT2D eigenvalue weighted by Gasteiger charge is 2.17. The zero-order chi connectivity index (χ0) is 44.9. The molecule has 0 aromatic carbocycles. The van der Waals surface area contributed by atoms with E-state index in [1.807, 2.05) is 18.2 Å². The molecule has 0 amide bonds. The third-order valence-corrected chi connectivity index (χ3v) is 9.70. The fraction of sp³-hybridized carbons (Fsp3) is 0.579. The van der Waals surface area contributed by atoms with Crippen LogP contribution in [0.3, 0.4) is 0 Å². The van der Waals surface area contributed by atoms with Gasteiger partial charge in [-0.3, -0.25) is 9.59 Å². The lowest BCUT2D eigenvalue weighted by atomic mass is 10.1. The van der Waals surface area contributed by atoms with Gasteiger partial charge >= 0.3 is 11.9 Å². The quantitative estimate of drug-likeness (QED) is 0.0347. The average Bonchev–Trinajstić information content (AvgIpc) is 3.27. The summed E-state index contributed by atoms with van der Waals surface area (Å²) in [5, 5.41) is 0. The average molecular weight is 855 g/mol. The monoisotopic (exact) mass is 855 g/mol. The fourth-order valence-corrected chi connectivity index (χ4v) is 6.10. The first-order chi connectivity index (χ1) is 30.6. The van der Waals surface area contributed by atoms with E-state index >= 15 is 0 Å². The van der Waals surface area contributed by atoms with Gasteiger partial charge in [-0.05, 0) is 103 Å². The van der Waals surface area contributed by atoms with E-state index in [4.69, 9.17) is 14.2 Å². The molecule has 0 fully saturated rings. The van der Waals surface area contributed by atoms with Crippen LogP contribution >= 0.6 is 0 Å². The highest BCUT2D eigenvalue weighted by molar-refractivity contribution is 5.71. The van der Waals surface area contributed by atoms with Crippen molar-refractivity contribution in [3.8, 4) is 0 Å². The van der Waals surface area contributed by atoms with Gasteiger partial charge in [0.2, 0.25) is 0 Å². The van der Waals surface area contributed by atoms with Gasteiger partial charge < -0.3 is 14.2 Å². The Balaban J connectivity index is 4.49. The van der Waals surface area contributed by atoms with Gasteiger partial charge in [0.25, 0.3) is 0 Å². The van der Waals surface area contributed by atoms with E-state index in [0.717, 1.165) is 77.0 Å². The van der Waals surface area contributed by atoms with Crippen LogP contribution in [0.4, 0.5) is 0 Å². The van der Waals surface area contributed by atoms with Crippen LogP contribution in [0, 0.1) is 0 Å². The second-order valence-electron chi connectivity index (χ2n) is 15.6. The molecular weight excluding hydrogens is 765 g/mol. The van der Waals surface area contributed by atoms with E-state index in [-0.39, 0.29) is 38.0 Å². The third-order valence-electron chi connectivity index (χ3n) is 9.70. The Labute approximate surface area is 381 Å². The lowest BCUT2D eigenvalue weighted by molar-refractivity contribution is -0.162. The van der Waals surface area contributed by atoms with Crippen molar-refractivity contribution >= 4 is 11.9 Å². The first kappa shape index (κ1) is 58.0. The summed E-state index contributed by atoms with van der Waals surface area (Å²) in [5.74, 6) is -0.652. The van der Waals surface area contributed by atoms with Crippen molar-refractivity contribution in [1.29, 1.82) is 0 Å². The molecule has 5 nitrogen and oxygen atoms in total. The van der Waals surface area contributed by atoms with Gasteiger partial charge in [-0.2, -0.15) is 0 Å². The molecule has 0 N–H and O–H groups in total. The van der Waals surface area contributed by atoms with Gasteiger partial charge in [0, 0.05) is 13.0 Å². The Morgan fingerprint density at radius 3 is 1.24 bits per heavy atom. The van der Waals surface area contributed by atoms with Gasteiger partial charge in [0.15, 0.2) is 6.10 Å². The molecule has 0 bridgehead atoms.